The second kappa shape index (κ2) is 7.55. The molecule has 0 N–H and O–H groups in total. The fourth-order valence-electron chi connectivity index (χ4n) is 2.97. The molecule has 1 aliphatic heterocycles. The van der Waals surface area contributed by atoms with Crippen LogP contribution in [0.4, 0.5) is 4.39 Å². The van der Waals surface area contributed by atoms with Gasteiger partial charge in [-0.05, 0) is 49.7 Å². The average Bonchev–Trinajstić information content (AvgIpc) is 2.89. The lowest BCUT2D eigenvalue weighted by molar-refractivity contribution is 0.0764. The van der Waals surface area contributed by atoms with Crippen molar-refractivity contribution in [2.75, 3.05) is 26.2 Å². The lowest BCUT2D eigenvalue weighted by Gasteiger charge is -2.22. The van der Waals surface area contributed by atoms with Crippen molar-refractivity contribution in [2.45, 2.75) is 18.2 Å². The first-order chi connectivity index (χ1) is 12.4. The normalized spacial score (nSPS) is 16.3. The second-order valence-electron chi connectivity index (χ2n) is 6.37. The molecule has 1 heterocycles. The van der Waals surface area contributed by atoms with E-state index in [2.05, 4.69) is 0 Å². The number of halogens is 1. The van der Waals surface area contributed by atoms with Gasteiger partial charge in [0.1, 0.15) is 5.82 Å². The smallest absolute Gasteiger partial charge is 0.253 e. The van der Waals surface area contributed by atoms with Gasteiger partial charge in [-0.25, -0.2) is 12.8 Å². The quantitative estimate of drug-likeness (QED) is 0.828. The fraction of sp³-hybridized carbons (Fsp3) is 0.316. The number of amides is 1. The standard InChI is InChI=1S/C19H21FN2O3S/c1-15-3-5-16(6-4-15)19(23)21-11-2-12-22(14-13-21)26(24,25)18-9-7-17(20)8-10-18/h3-10H,2,11-14H2,1H3. The van der Waals surface area contributed by atoms with Crippen LogP contribution >= 0.6 is 0 Å². The lowest BCUT2D eigenvalue weighted by atomic mass is 10.1. The Morgan fingerprint density at radius 1 is 0.923 bits per heavy atom. The van der Waals surface area contributed by atoms with Gasteiger partial charge in [0, 0.05) is 31.7 Å². The number of aryl methyl sites for hydroxylation is 1. The molecule has 0 saturated carbocycles. The Morgan fingerprint density at radius 3 is 2.23 bits per heavy atom. The number of hydrogen-bond donors (Lipinski definition) is 0. The summed E-state index contributed by atoms with van der Waals surface area (Å²) in [5.74, 6) is -0.569. The predicted molar refractivity (Wildman–Crippen MR) is 96.9 cm³/mol. The van der Waals surface area contributed by atoms with Crippen LogP contribution in [0.15, 0.2) is 53.4 Å². The summed E-state index contributed by atoms with van der Waals surface area (Å²) in [6, 6.07) is 12.2. The third-order valence-electron chi connectivity index (χ3n) is 4.49. The molecule has 0 radical (unpaired) electrons. The van der Waals surface area contributed by atoms with Crippen LogP contribution in [0.2, 0.25) is 0 Å². The number of benzene rings is 2. The second-order valence-corrected chi connectivity index (χ2v) is 8.31. The summed E-state index contributed by atoms with van der Waals surface area (Å²) in [5, 5.41) is 0. The van der Waals surface area contributed by atoms with Crippen LogP contribution in [0.5, 0.6) is 0 Å². The first kappa shape index (κ1) is 18.5. The summed E-state index contributed by atoms with van der Waals surface area (Å²) < 4.78 is 39.9. The molecule has 1 aliphatic rings. The van der Waals surface area contributed by atoms with Crippen LogP contribution in [0.25, 0.3) is 0 Å². The molecule has 138 valence electrons. The van der Waals surface area contributed by atoms with Crippen molar-refractivity contribution >= 4 is 15.9 Å². The zero-order chi connectivity index (χ0) is 18.7. The van der Waals surface area contributed by atoms with E-state index in [4.69, 9.17) is 0 Å². The minimum Gasteiger partial charge on any atom is -0.337 e. The van der Waals surface area contributed by atoms with E-state index >= 15 is 0 Å². The Balaban J connectivity index is 1.72. The first-order valence-electron chi connectivity index (χ1n) is 8.49. The van der Waals surface area contributed by atoms with E-state index in [1.165, 1.54) is 16.4 Å². The van der Waals surface area contributed by atoms with E-state index in [1.54, 1.807) is 17.0 Å². The maximum atomic E-state index is 13.1. The zero-order valence-electron chi connectivity index (χ0n) is 14.6. The minimum absolute atomic E-state index is 0.0669. The fourth-order valence-corrected chi connectivity index (χ4v) is 4.44. The van der Waals surface area contributed by atoms with Gasteiger partial charge in [-0.2, -0.15) is 4.31 Å². The van der Waals surface area contributed by atoms with Gasteiger partial charge in [-0.3, -0.25) is 4.79 Å². The van der Waals surface area contributed by atoms with Crippen LogP contribution in [0.3, 0.4) is 0 Å². The summed E-state index contributed by atoms with van der Waals surface area (Å²) in [6.45, 7) is 3.34. The number of carbonyl (C=O) groups excluding carboxylic acids is 1. The molecular formula is C19H21FN2O3S. The van der Waals surface area contributed by atoms with E-state index in [0.717, 1.165) is 17.7 Å². The van der Waals surface area contributed by atoms with Crippen molar-refractivity contribution in [3.8, 4) is 0 Å². The molecule has 0 spiro atoms. The predicted octanol–water partition coefficient (Wildman–Crippen LogP) is 2.67. The maximum absolute atomic E-state index is 13.1. The molecule has 3 rings (SSSR count). The Morgan fingerprint density at radius 2 is 1.58 bits per heavy atom. The van der Waals surface area contributed by atoms with Crippen LogP contribution in [-0.4, -0.2) is 49.7 Å². The molecule has 0 atom stereocenters. The summed E-state index contributed by atoms with van der Waals surface area (Å²) in [5.41, 5.74) is 1.68. The molecule has 0 bridgehead atoms. The van der Waals surface area contributed by atoms with Crippen LogP contribution < -0.4 is 0 Å². The van der Waals surface area contributed by atoms with E-state index in [-0.39, 0.29) is 17.3 Å². The van der Waals surface area contributed by atoms with Gasteiger partial charge in [0.25, 0.3) is 5.91 Å². The molecular weight excluding hydrogens is 355 g/mol. The molecule has 2 aromatic carbocycles. The Hall–Kier alpha value is -2.25. The van der Waals surface area contributed by atoms with E-state index in [1.807, 2.05) is 19.1 Å². The van der Waals surface area contributed by atoms with E-state index in [0.29, 0.717) is 31.6 Å². The van der Waals surface area contributed by atoms with Crippen molar-refractivity contribution < 1.29 is 17.6 Å². The third kappa shape index (κ3) is 3.94. The Labute approximate surface area is 153 Å². The SMILES string of the molecule is Cc1ccc(C(=O)N2CCCN(S(=O)(=O)c3ccc(F)cc3)CC2)cc1. The number of sulfonamides is 1. The molecule has 1 fully saturated rings. The van der Waals surface area contributed by atoms with Crippen LogP contribution in [0.1, 0.15) is 22.3 Å². The maximum Gasteiger partial charge on any atom is 0.253 e. The highest BCUT2D eigenvalue weighted by molar-refractivity contribution is 7.89. The van der Waals surface area contributed by atoms with Crippen molar-refractivity contribution in [1.29, 1.82) is 0 Å². The van der Waals surface area contributed by atoms with E-state index in [9.17, 15) is 17.6 Å². The summed E-state index contributed by atoms with van der Waals surface area (Å²) in [4.78, 5) is 14.4. The zero-order valence-corrected chi connectivity index (χ0v) is 15.4. The molecule has 1 saturated heterocycles. The average molecular weight is 376 g/mol. The van der Waals surface area contributed by atoms with Gasteiger partial charge in [-0.1, -0.05) is 17.7 Å². The highest BCUT2D eigenvalue weighted by Crippen LogP contribution is 2.19. The monoisotopic (exact) mass is 376 g/mol. The minimum atomic E-state index is -3.69. The van der Waals surface area contributed by atoms with Crippen LogP contribution in [0, 0.1) is 12.7 Å². The third-order valence-corrected chi connectivity index (χ3v) is 6.40. The van der Waals surface area contributed by atoms with Gasteiger partial charge < -0.3 is 4.90 Å². The van der Waals surface area contributed by atoms with Gasteiger partial charge >= 0.3 is 0 Å². The molecule has 7 heteroatoms. The Bertz CT molecular complexity index is 880. The highest BCUT2D eigenvalue weighted by atomic mass is 32.2. The van der Waals surface area contributed by atoms with Crippen molar-refractivity contribution in [3.05, 3.63) is 65.5 Å². The number of nitrogens with zero attached hydrogens (tertiary/aromatic N) is 2. The molecule has 0 aromatic heterocycles. The van der Waals surface area contributed by atoms with Crippen molar-refractivity contribution in [3.63, 3.8) is 0 Å². The van der Waals surface area contributed by atoms with Gasteiger partial charge in [0.15, 0.2) is 0 Å². The molecule has 1 amide bonds. The number of carbonyl (C=O) groups is 1. The topological polar surface area (TPSA) is 57.7 Å². The Kier molecular flexibility index (Phi) is 5.38. The molecule has 0 aliphatic carbocycles. The van der Waals surface area contributed by atoms with Gasteiger partial charge in [0.2, 0.25) is 10.0 Å². The first-order valence-corrected chi connectivity index (χ1v) is 9.93. The molecule has 2 aromatic rings. The van der Waals surface area contributed by atoms with Crippen LogP contribution in [-0.2, 0) is 10.0 Å². The lowest BCUT2D eigenvalue weighted by Crippen LogP contribution is -2.37. The molecule has 26 heavy (non-hydrogen) atoms. The van der Waals surface area contributed by atoms with Crippen molar-refractivity contribution in [1.82, 2.24) is 9.21 Å². The number of hydrogen-bond acceptors (Lipinski definition) is 3. The largest absolute Gasteiger partial charge is 0.337 e. The highest BCUT2D eigenvalue weighted by Gasteiger charge is 2.28. The van der Waals surface area contributed by atoms with Crippen molar-refractivity contribution in [2.24, 2.45) is 0 Å². The summed E-state index contributed by atoms with van der Waals surface area (Å²) >= 11 is 0. The summed E-state index contributed by atoms with van der Waals surface area (Å²) in [6.07, 6.45) is 0.554. The van der Waals surface area contributed by atoms with Gasteiger partial charge in [0.05, 0.1) is 4.90 Å². The van der Waals surface area contributed by atoms with E-state index < -0.39 is 15.8 Å². The number of rotatable bonds is 3. The summed E-state index contributed by atoms with van der Waals surface area (Å²) in [7, 11) is -3.69. The van der Waals surface area contributed by atoms with Gasteiger partial charge in [-0.15, -0.1) is 0 Å². The molecule has 5 nitrogen and oxygen atoms in total. The molecule has 0 unspecified atom stereocenters.